The Hall–Kier alpha value is -1.36. The number of nitrogens with two attached hydrogens (primary N) is 1. The van der Waals surface area contributed by atoms with Crippen molar-refractivity contribution >= 4 is 15.9 Å². The second-order valence-corrected chi connectivity index (χ2v) is 7.07. The molecule has 25 heavy (non-hydrogen) atoms. The number of hydrogen-bond donors (Lipinski definition) is 2. The van der Waals surface area contributed by atoms with Crippen molar-refractivity contribution in [1.29, 1.82) is 0 Å². The van der Waals surface area contributed by atoms with Crippen molar-refractivity contribution in [2.45, 2.75) is 31.6 Å². The average Bonchev–Trinajstić information content (AvgIpc) is 2.68. The van der Waals surface area contributed by atoms with E-state index in [1.807, 2.05) is 12.1 Å². The molecule has 134 valence electrons. The van der Waals surface area contributed by atoms with Crippen molar-refractivity contribution in [3.05, 3.63) is 53.6 Å². The number of benzene rings is 2. The molecule has 1 aliphatic heterocycles. The summed E-state index contributed by atoms with van der Waals surface area (Å²) in [6.07, 6.45) is 4.56. The first-order chi connectivity index (χ1) is 12.3. The fourth-order valence-electron chi connectivity index (χ4n) is 3.63. The van der Waals surface area contributed by atoms with E-state index in [9.17, 15) is 0 Å². The SMILES string of the molecule is NCCCc1cc(-c2ccc(OCBr)cc2)ccc1C1CCNCC1. The summed E-state index contributed by atoms with van der Waals surface area (Å²) in [6.45, 7) is 2.99. The summed E-state index contributed by atoms with van der Waals surface area (Å²) in [6, 6.07) is 15.3. The van der Waals surface area contributed by atoms with Gasteiger partial charge < -0.3 is 15.8 Å². The average molecular weight is 403 g/mol. The smallest absolute Gasteiger partial charge is 0.143 e. The molecule has 2 aromatic carbocycles. The molecule has 1 fully saturated rings. The van der Waals surface area contributed by atoms with E-state index in [0.29, 0.717) is 11.4 Å². The maximum Gasteiger partial charge on any atom is 0.143 e. The zero-order valence-electron chi connectivity index (χ0n) is 14.6. The van der Waals surface area contributed by atoms with Gasteiger partial charge in [0.25, 0.3) is 0 Å². The molecule has 2 aromatic rings. The molecular formula is C21H27BrN2O. The molecule has 0 saturated carbocycles. The maximum atomic E-state index is 5.77. The molecule has 3 nitrogen and oxygen atoms in total. The number of aryl methyl sites for hydroxylation is 1. The van der Waals surface area contributed by atoms with Crippen molar-refractivity contribution in [3.8, 4) is 16.9 Å². The second kappa shape index (κ2) is 9.37. The summed E-state index contributed by atoms with van der Waals surface area (Å²) in [5, 5.41) is 3.46. The van der Waals surface area contributed by atoms with Gasteiger partial charge in [-0.3, -0.25) is 0 Å². The molecule has 0 spiro atoms. The fourth-order valence-corrected chi connectivity index (χ4v) is 3.90. The van der Waals surface area contributed by atoms with Crippen LogP contribution in [-0.4, -0.2) is 25.2 Å². The van der Waals surface area contributed by atoms with E-state index in [-0.39, 0.29) is 0 Å². The molecule has 1 aliphatic rings. The van der Waals surface area contributed by atoms with E-state index < -0.39 is 0 Å². The van der Waals surface area contributed by atoms with Crippen LogP contribution in [-0.2, 0) is 6.42 Å². The van der Waals surface area contributed by atoms with Gasteiger partial charge in [0.2, 0.25) is 0 Å². The first-order valence-corrected chi connectivity index (χ1v) is 10.3. The fraction of sp³-hybridized carbons (Fsp3) is 0.429. The molecule has 0 aromatic heterocycles. The molecule has 3 N–H and O–H groups in total. The lowest BCUT2D eigenvalue weighted by atomic mass is 9.84. The minimum Gasteiger partial charge on any atom is -0.482 e. The molecule has 3 rings (SSSR count). The van der Waals surface area contributed by atoms with Gasteiger partial charge in [0.15, 0.2) is 0 Å². The van der Waals surface area contributed by atoms with Crippen LogP contribution in [0.1, 0.15) is 36.3 Å². The van der Waals surface area contributed by atoms with Gasteiger partial charge in [0.05, 0.1) is 0 Å². The first kappa shape index (κ1) is 18.4. The van der Waals surface area contributed by atoms with E-state index >= 15 is 0 Å². The lowest BCUT2D eigenvalue weighted by Crippen LogP contribution is -2.27. The van der Waals surface area contributed by atoms with Crippen molar-refractivity contribution in [2.75, 3.05) is 25.2 Å². The van der Waals surface area contributed by atoms with Gasteiger partial charge in [0, 0.05) is 0 Å². The normalized spacial score (nSPS) is 15.3. The molecule has 0 unspecified atom stereocenters. The zero-order chi connectivity index (χ0) is 17.5. The lowest BCUT2D eigenvalue weighted by molar-refractivity contribution is 0.398. The highest BCUT2D eigenvalue weighted by atomic mass is 79.9. The van der Waals surface area contributed by atoms with Gasteiger partial charge in [-0.2, -0.15) is 0 Å². The molecule has 0 atom stereocenters. The third-order valence-corrected chi connectivity index (χ3v) is 5.21. The largest absolute Gasteiger partial charge is 0.482 e. The van der Waals surface area contributed by atoms with Crippen LogP contribution in [0, 0.1) is 0 Å². The summed E-state index contributed by atoms with van der Waals surface area (Å²) in [5.41, 5.74) is 11.8. The monoisotopic (exact) mass is 402 g/mol. The van der Waals surface area contributed by atoms with Crippen LogP contribution in [0.15, 0.2) is 42.5 Å². The van der Waals surface area contributed by atoms with Gasteiger partial charge in [-0.25, -0.2) is 0 Å². The van der Waals surface area contributed by atoms with Crippen LogP contribution in [0.4, 0.5) is 0 Å². The van der Waals surface area contributed by atoms with Gasteiger partial charge in [-0.15, -0.1) is 0 Å². The molecule has 0 amide bonds. The predicted molar refractivity (Wildman–Crippen MR) is 109 cm³/mol. The Kier molecular flexibility index (Phi) is 6.91. The number of hydrogen-bond acceptors (Lipinski definition) is 3. The van der Waals surface area contributed by atoms with E-state index in [2.05, 4.69) is 51.6 Å². The van der Waals surface area contributed by atoms with Crippen LogP contribution >= 0.6 is 15.9 Å². The third kappa shape index (κ3) is 4.84. The summed E-state index contributed by atoms with van der Waals surface area (Å²) >= 11 is 3.29. The summed E-state index contributed by atoms with van der Waals surface area (Å²) in [4.78, 5) is 0. The Morgan fingerprint density at radius 2 is 1.76 bits per heavy atom. The Balaban J connectivity index is 1.87. The summed E-state index contributed by atoms with van der Waals surface area (Å²) in [7, 11) is 0. The minimum atomic E-state index is 0.514. The van der Waals surface area contributed by atoms with Crippen LogP contribution in [0.5, 0.6) is 5.75 Å². The molecule has 0 radical (unpaired) electrons. The first-order valence-electron chi connectivity index (χ1n) is 9.14. The molecular weight excluding hydrogens is 376 g/mol. The Bertz CT molecular complexity index is 666. The number of ether oxygens (including phenoxy) is 1. The highest BCUT2D eigenvalue weighted by Crippen LogP contribution is 2.32. The number of rotatable bonds is 7. The van der Waals surface area contributed by atoms with Gasteiger partial charge >= 0.3 is 0 Å². The van der Waals surface area contributed by atoms with Gasteiger partial charge in [0.1, 0.15) is 11.3 Å². The van der Waals surface area contributed by atoms with Crippen molar-refractivity contribution in [3.63, 3.8) is 0 Å². The summed E-state index contributed by atoms with van der Waals surface area (Å²) < 4.78 is 5.47. The van der Waals surface area contributed by atoms with E-state index in [1.165, 1.54) is 35.1 Å². The van der Waals surface area contributed by atoms with Gasteiger partial charge in [-0.1, -0.05) is 30.3 Å². The standard InChI is InChI=1S/C21H27BrN2O/c22-15-25-20-6-3-16(4-7-20)18-5-8-21(17-9-12-24-13-10-17)19(14-18)2-1-11-23/h3-8,14,17,24H,1-2,9-13,15,23H2. The number of piperidine rings is 1. The predicted octanol–water partition coefficient (Wildman–Crippen LogP) is 4.44. The highest BCUT2D eigenvalue weighted by Gasteiger charge is 2.18. The minimum absolute atomic E-state index is 0.514. The summed E-state index contributed by atoms with van der Waals surface area (Å²) in [5.74, 6) is 1.56. The highest BCUT2D eigenvalue weighted by molar-refractivity contribution is 9.09. The molecule has 0 bridgehead atoms. The van der Waals surface area contributed by atoms with E-state index in [4.69, 9.17) is 10.5 Å². The van der Waals surface area contributed by atoms with Crippen LogP contribution in [0.25, 0.3) is 11.1 Å². The molecule has 0 aliphatic carbocycles. The number of nitrogens with one attached hydrogen (secondary N) is 1. The third-order valence-electron chi connectivity index (χ3n) is 4.98. The van der Waals surface area contributed by atoms with E-state index in [1.54, 1.807) is 0 Å². The number of halogens is 1. The molecule has 4 heteroatoms. The van der Waals surface area contributed by atoms with Crippen molar-refractivity contribution < 1.29 is 4.74 Å². The van der Waals surface area contributed by atoms with Gasteiger partial charge in [-0.05, 0) is 102 Å². The van der Waals surface area contributed by atoms with E-state index in [0.717, 1.165) is 38.2 Å². The molecule has 1 saturated heterocycles. The van der Waals surface area contributed by atoms with Crippen LogP contribution in [0.3, 0.4) is 0 Å². The maximum absolute atomic E-state index is 5.77. The van der Waals surface area contributed by atoms with Crippen LogP contribution in [0.2, 0.25) is 0 Å². The Morgan fingerprint density at radius 1 is 1.04 bits per heavy atom. The number of alkyl halides is 1. The second-order valence-electron chi connectivity index (χ2n) is 6.61. The molecule has 1 heterocycles. The van der Waals surface area contributed by atoms with Crippen molar-refractivity contribution in [1.82, 2.24) is 5.32 Å². The topological polar surface area (TPSA) is 47.3 Å². The Labute approximate surface area is 159 Å². The van der Waals surface area contributed by atoms with Crippen molar-refractivity contribution in [2.24, 2.45) is 5.73 Å². The van der Waals surface area contributed by atoms with Crippen LogP contribution < -0.4 is 15.8 Å². The quantitative estimate of drug-likeness (QED) is 0.672. The Morgan fingerprint density at radius 3 is 2.44 bits per heavy atom. The lowest BCUT2D eigenvalue weighted by Gasteiger charge is -2.25. The zero-order valence-corrected chi connectivity index (χ0v) is 16.2.